The molecule has 1 unspecified atom stereocenters. The zero-order valence-corrected chi connectivity index (χ0v) is 14.2. The van der Waals surface area contributed by atoms with Gasteiger partial charge in [0.15, 0.2) is 0 Å². The molecule has 0 fully saturated rings. The molecule has 0 aliphatic carbocycles. The normalized spacial score (nSPS) is 13.6. The first kappa shape index (κ1) is 18.1. The maximum atomic E-state index is 9.78. The van der Waals surface area contributed by atoms with E-state index >= 15 is 0 Å². The van der Waals surface area contributed by atoms with Crippen LogP contribution in [0.1, 0.15) is 51.5 Å². The van der Waals surface area contributed by atoms with Crippen LogP contribution in [0.5, 0.6) is 0 Å². The summed E-state index contributed by atoms with van der Waals surface area (Å²) in [4.78, 5) is 0. The molecular formula is C18H28N2S. The van der Waals surface area contributed by atoms with E-state index in [2.05, 4.69) is 37.4 Å². The SMILES string of the molecule is CCCCCSCCC(C#N)(NCCC)c1ccccc1. The number of unbranched alkanes of at least 4 members (excludes halogenated alkanes) is 2. The molecule has 0 bridgehead atoms. The molecule has 0 radical (unpaired) electrons. The van der Waals surface area contributed by atoms with Gasteiger partial charge in [-0.1, -0.05) is 57.0 Å². The van der Waals surface area contributed by atoms with Crippen LogP contribution >= 0.6 is 11.8 Å². The van der Waals surface area contributed by atoms with Gasteiger partial charge in [0.2, 0.25) is 0 Å². The van der Waals surface area contributed by atoms with Gasteiger partial charge in [0.1, 0.15) is 5.54 Å². The van der Waals surface area contributed by atoms with Gasteiger partial charge >= 0.3 is 0 Å². The number of nitriles is 1. The monoisotopic (exact) mass is 304 g/mol. The summed E-state index contributed by atoms with van der Waals surface area (Å²) >= 11 is 1.97. The summed E-state index contributed by atoms with van der Waals surface area (Å²) in [5.41, 5.74) is 0.560. The van der Waals surface area contributed by atoms with Gasteiger partial charge in [0.25, 0.3) is 0 Å². The third kappa shape index (κ3) is 6.11. The highest BCUT2D eigenvalue weighted by Gasteiger charge is 2.30. The van der Waals surface area contributed by atoms with Crippen LogP contribution in [0.15, 0.2) is 30.3 Å². The molecule has 21 heavy (non-hydrogen) atoms. The van der Waals surface area contributed by atoms with E-state index in [1.165, 1.54) is 25.0 Å². The van der Waals surface area contributed by atoms with Gasteiger partial charge in [-0.3, -0.25) is 5.32 Å². The van der Waals surface area contributed by atoms with Crippen LogP contribution in [0, 0.1) is 11.3 Å². The molecular weight excluding hydrogens is 276 g/mol. The summed E-state index contributed by atoms with van der Waals surface area (Å²) < 4.78 is 0. The average molecular weight is 305 g/mol. The van der Waals surface area contributed by atoms with E-state index in [0.29, 0.717) is 0 Å². The van der Waals surface area contributed by atoms with Crippen LogP contribution in [0.25, 0.3) is 0 Å². The Balaban J connectivity index is 2.62. The minimum atomic E-state index is -0.533. The molecule has 3 heteroatoms. The molecule has 1 aromatic rings. The predicted molar refractivity (Wildman–Crippen MR) is 93.5 cm³/mol. The lowest BCUT2D eigenvalue weighted by Gasteiger charge is -2.28. The molecule has 0 saturated carbocycles. The summed E-state index contributed by atoms with van der Waals surface area (Å²) in [6.45, 7) is 5.25. The first-order valence-corrected chi connectivity index (χ1v) is 9.24. The maximum absolute atomic E-state index is 9.78. The Morgan fingerprint density at radius 3 is 2.48 bits per heavy atom. The van der Waals surface area contributed by atoms with Crippen LogP contribution in [0.2, 0.25) is 0 Å². The topological polar surface area (TPSA) is 35.8 Å². The Labute approximate surface area is 134 Å². The summed E-state index contributed by atoms with van der Waals surface area (Å²) in [6, 6.07) is 12.7. The maximum Gasteiger partial charge on any atom is 0.133 e. The number of benzene rings is 1. The predicted octanol–water partition coefficient (Wildman–Crippen LogP) is 4.72. The molecule has 1 rings (SSSR count). The van der Waals surface area contributed by atoms with Crippen LogP contribution < -0.4 is 5.32 Å². The number of hydrogen-bond acceptors (Lipinski definition) is 3. The quantitative estimate of drug-likeness (QED) is 0.601. The van der Waals surface area contributed by atoms with Crippen molar-refractivity contribution in [1.29, 1.82) is 5.26 Å². The molecule has 0 saturated heterocycles. The van der Waals surface area contributed by atoms with Gasteiger partial charge in [0, 0.05) is 0 Å². The van der Waals surface area contributed by atoms with Crippen LogP contribution in [-0.4, -0.2) is 18.1 Å². The van der Waals surface area contributed by atoms with E-state index in [9.17, 15) is 5.26 Å². The lowest BCUT2D eigenvalue weighted by atomic mass is 9.88. The van der Waals surface area contributed by atoms with E-state index in [1.807, 2.05) is 30.0 Å². The molecule has 1 aromatic carbocycles. The fourth-order valence-corrected chi connectivity index (χ4v) is 3.40. The fourth-order valence-electron chi connectivity index (χ4n) is 2.34. The molecule has 116 valence electrons. The zero-order chi connectivity index (χ0) is 15.4. The molecule has 0 aliphatic rings. The van der Waals surface area contributed by atoms with Gasteiger partial charge in [-0.15, -0.1) is 0 Å². The smallest absolute Gasteiger partial charge is 0.133 e. The van der Waals surface area contributed by atoms with Crippen molar-refractivity contribution in [2.24, 2.45) is 0 Å². The molecule has 0 spiro atoms. The standard InChI is InChI=1S/C18H28N2S/c1-3-5-9-14-21-15-12-18(16-19,20-13-4-2)17-10-7-6-8-11-17/h6-8,10-11,20H,3-5,9,12-15H2,1-2H3. The van der Waals surface area contributed by atoms with E-state index in [4.69, 9.17) is 0 Å². The van der Waals surface area contributed by atoms with E-state index in [-0.39, 0.29) is 0 Å². The van der Waals surface area contributed by atoms with Crippen molar-refractivity contribution < 1.29 is 0 Å². The van der Waals surface area contributed by atoms with Crippen molar-refractivity contribution in [3.8, 4) is 6.07 Å². The molecule has 0 heterocycles. The summed E-state index contributed by atoms with van der Waals surface area (Å²) in [7, 11) is 0. The zero-order valence-electron chi connectivity index (χ0n) is 13.4. The summed E-state index contributed by atoms with van der Waals surface area (Å²) in [6.07, 6.45) is 5.77. The lowest BCUT2D eigenvalue weighted by Crippen LogP contribution is -2.42. The van der Waals surface area contributed by atoms with E-state index in [0.717, 1.165) is 30.7 Å². The van der Waals surface area contributed by atoms with E-state index in [1.54, 1.807) is 0 Å². The third-order valence-corrected chi connectivity index (χ3v) is 4.72. The van der Waals surface area contributed by atoms with Gasteiger partial charge < -0.3 is 0 Å². The molecule has 0 amide bonds. The molecule has 0 aliphatic heterocycles. The van der Waals surface area contributed by atoms with Crippen molar-refractivity contribution in [1.82, 2.24) is 5.32 Å². The Hall–Kier alpha value is -0.980. The van der Waals surface area contributed by atoms with Crippen molar-refractivity contribution in [3.63, 3.8) is 0 Å². The number of nitrogens with zero attached hydrogens (tertiary/aromatic N) is 1. The number of hydrogen-bond donors (Lipinski definition) is 1. The van der Waals surface area contributed by atoms with Gasteiger partial charge in [-0.25, -0.2) is 0 Å². The minimum absolute atomic E-state index is 0.533. The second-order valence-corrected chi connectivity index (χ2v) is 6.60. The van der Waals surface area contributed by atoms with Crippen molar-refractivity contribution in [2.45, 2.75) is 51.5 Å². The molecule has 1 N–H and O–H groups in total. The van der Waals surface area contributed by atoms with Crippen LogP contribution in [-0.2, 0) is 5.54 Å². The lowest BCUT2D eigenvalue weighted by molar-refractivity contribution is 0.416. The van der Waals surface area contributed by atoms with Crippen LogP contribution in [0.4, 0.5) is 0 Å². The van der Waals surface area contributed by atoms with Crippen molar-refractivity contribution in [2.75, 3.05) is 18.1 Å². The summed E-state index contributed by atoms with van der Waals surface area (Å²) in [5, 5.41) is 13.3. The highest BCUT2D eigenvalue weighted by molar-refractivity contribution is 7.99. The number of thioether (sulfide) groups is 1. The largest absolute Gasteiger partial charge is 0.296 e. The third-order valence-electron chi connectivity index (χ3n) is 3.65. The highest BCUT2D eigenvalue weighted by Crippen LogP contribution is 2.26. The van der Waals surface area contributed by atoms with Gasteiger partial charge in [-0.05, 0) is 42.9 Å². The number of nitrogens with one attached hydrogen (secondary N) is 1. The number of rotatable bonds is 11. The Morgan fingerprint density at radius 1 is 1.10 bits per heavy atom. The average Bonchev–Trinajstić information content (AvgIpc) is 2.55. The fraction of sp³-hybridized carbons (Fsp3) is 0.611. The van der Waals surface area contributed by atoms with Gasteiger partial charge in [0.05, 0.1) is 6.07 Å². The Morgan fingerprint density at radius 2 is 1.86 bits per heavy atom. The second kappa shape index (κ2) is 10.7. The second-order valence-electron chi connectivity index (χ2n) is 5.38. The van der Waals surface area contributed by atoms with Crippen molar-refractivity contribution >= 4 is 11.8 Å². The Kier molecular flexibility index (Phi) is 9.21. The highest BCUT2D eigenvalue weighted by atomic mass is 32.2. The van der Waals surface area contributed by atoms with Crippen molar-refractivity contribution in [3.05, 3.63) is 35.9 Å². The molecule has 1 atom stereocenters. The van der Waals surface area contributed by atoms with Crippen LogP contribution in [0.3, 0.4) is 0 Å². The molecule has 0 aromatic heterocycles. The molecule has 2 nitrogen and oxygen atoms in total. The Bertz CT molecular complexity index is 413. The first-order chi connectivity index (χ1) is 10.3. The van der Waals surface area contributed by atoms with E-state index < -0.39 is 5.54 Å². The van der Waals surface area contributed by atoms with Gasteiger partial charge in [-0.2, -0.15) is 17.0 Å². The minimum Gasteiger partial charge on any atom is -0.296 e. The first-order valence-electron chi connectivity index (χ1n) is 8.08. The summed E-state index contributed by atoms with van der Waals surface area (Å²) in [5.74, 6) is 2.24.